The minimum absolute atomic E-state index is 0.199. The lowest BCUT2D eigenvalue weighted by molar-refractivity contribution is -1.11. The highest BCUT2D eigenvalue weighted by atomic mass is 32.2. The molecule has 1 saturated carbocycles. The van der Waals surface area contributed by atoms with Gasteiger partial charge in [0.15, 0.2) is 5.37 Å². The van der Waals surface area contributed by atoms with Crippen LogP contribution in [0.2, 0.25) is 0 Å². The van der Waals surface area contributed by atoms with E-state index < -0.39 is 10.1 Å². The zero-order valence-corrected chi connectivity index (χ0v) is 17.8. The minimum Gasteiger partial charge on any atom is -0.189 e. The number of nitrogens with zero attached hydrogens (tertiary/aromatic N) is 1. The van der Waals surface area contributed by atoms with Crippen LogP contribution in [-0.2, 0) is 14.4 Å². The fraction of sp³-hybridized carbons (Fsp3) is 0.700. The molecule has 0 bridgehead atoms. The van der Waals surface area contributed by atoms with Gasteiger partial charge in [-0.3, -0.25) is 0 Å². The van der Waals surface area contributed by atoms with E-state index in [4.69, 9.17) is 4.28 Å². The highest BCUT2D eigenvalue weighted by molar-refractivity contribution is 7.99. The Bertz CT molecular complexity index is 704. The Morgan fingerprint density at radius 3 is 2.42 bits per heavy atom. The van der Waals surface area contributed by atoms with Crippen LogP contribution in [0.15, 0.2) is 29.2 Å². The molecule has 1 heterocycles. The topological polar surface area (TPSA) is 43.4 Å². The Balaban J connectivity index is 1.97. The summed E-state index contributed by atoms with van der Waals surface area (Å²) < 4.78 is 32.7. The molecule has 2 aliphatic rings. The maximum Gasteiger partial charge on any atom is 0.342 e. The first-order valence-electron chi connectivity index (χ1n) is 9.95. The zero-order valence-electron chi connectivity index (χ0n) is 16.2. The first-order chi connectivity index (χ1) is 12.4. The standard InChI is InChI=1S/C20H32NO3S2/c1-4-21(24-26(22,23)18-13-10-16(3)11-14-18)19-9-7-6-8-17(19)12-15-20(21)25-5-2/h10-11,13-14,17,19-20H,4-9,12,15H2,1-3H3/q+1. The first kappa shape index (κ1) is 20.2. The average Bonchev–Trinajstić information content (AvgIpc) is 2.64. The first-order valence-corrected chi connectivity index (χ1v) is 12.4. The van der Waals surface area contributed by atoms with Gasteiger partial charge in [0.1, 0.15) is 12.6 Å². The third-order valence-electron chi connectivity index (χ3n) is 6.10. The fourth-order valence-electron chi connectivity index (χ4n) is 4.82. The van der Waals surface area contributed by atoms with Gasteiger partial charge in [-0.15, -0.1) is 4.65 Å². The number of fused-ring (bicyclic) bond motifs is 1. The highest BCUT2D eigenvalue weighted by Gasteiger charge is 2.55. The average molecular weight is 399 g/mol. The Morgan fingerprint density at radius 1 is 1.08 bits per heavy atom. The van der Waals surface area contributed by atoms with Gasteiger partial charge in [-0.1, -0.05) is 47.1 Å². The molecule has 0 amide bonds. The van der Waals surface area contributed by atoms with Crippen LogP contribution in [-0.4, -0.2) is 36.8 Å². The summed E-state index contributed by atoms with van der Waals surface area (Å²) in [5, 5.41) is 0.199. The Kier molecular flexibility index (Phi) is 6.37. The molecule has 0 N–H and O–H groups in total. The number of hydrogen-bond donors (Lipinski definition) is 0. The molecule has 1 aliphatic heterocycles. The van der Waals surface area contributed by atoms with Gasteiger partial charge in [-0.25, -0.2) is 0 Å². The number of benzene rings is 1. The SMILES string of the molecule is CCSC1CCC2CCCCC2[N+]1(CC)OS(=O)(=O)c1ccc(C)cc1. The lowest BCUT2D eigenvalue weighted by Crippen LogP contribution is -2.66. The van der Waals surface area contributed by atoms with Crippen LogP contribution in [0.4, 0.5) is 0 Å². The van der Waals surface area contributed by atoms with Crippen LogP contribution >= 0.6 is 11.8 Å². The molecule has 0 aromatic heterocycles. The van der Waals surface area contributed by atoms with Gasteiger partial charge in [0.2, 0.25) is 0 Å². The third-order valence-corrected chi connectivity index (χ3v) is 8.74. The van der Waals surface area contributed by atoms with E-state index >= 15 is 0 Å². The van der Waals surface area contributed by atoms with E-state index in [1.165, 1.54) is 25.7 Å². The van der Waals surface area contributed by atoms with Crippen LogP contribution in [0.1, 0.15) is 57.9 Å². The van der Waals surface area contributed by atoms with Gasteiger partial charge in [-0.05, 0) is 51.0 Å². The second-order valence-corrected chi connectivity index (χ2v) is 10.6. The molecule has 1 aromatic carbocycles. The molecule has 0 radical (unpaired) electrons. The fourth-order valence-corrected chi connectivity index (χ4v) is 7.40. The number of quaternary nitrogens is 1. The molecule has 4 unspecified atom stereocenters. The number of hydroxylamine groups is 3. The van der Waals surface area contributed by atoms with Crippen LogP contribution in [0.3, 0.4) is 0 Å². The summed E-state index contributed by atoms with van der Waals surface area (Å²) in [6.07, 6.45) is 6.97. The number of piperidine rings is 1. The minimum atomic E-state index is -3.79. The molecule has 1 aliphatic carbocycles. The largest absolute Gasteiger partial charge is 0.342 e. The van der Waals surface area contributed by atoms with Crippen molar-refractivity contribution >= 4 is 21.9 Å². The molecule has 4 atom stereocenters. The molecule has 3 rings (SSSR count). The van der Waals surface area contributed by atoms with Crippen LogP contribution in [0, 0.1) is 12.8 Å². The number of hydrogen-bond acceptors (Lipinski definition) is 4. The molecular formula is C20H32NO3S2+. The predicted octanol–water partition coefficient (Wildman–Crippen LogP) is 4.88. The second-order valence-electron chi connectivity index (χ2n) is 7.61. The van der Waals surface area contributed by atoms with Crippen molar-refractivity contribution in [3.63, 3.8) is 0 Å². The lowest BCUT2D eigenvalue weighted by atomic mass is 9.78. The monoisotopic (exact) mass is 398 g/mol. The predicted molar refractivity (Wildman–Crippen MR) is 107 cm³/mol. The van der Waals surface area contributed by atoms with Crippen molar-refractivity contribution in [3.05, 3.63) is 29.8 Å². The summed E-state index contributed by atoms with van der Waals surface area (Å²) in [4.78, 5) is 0.271. The molecule has 1 aromatic rings. The summed E-state index contributed by atoms with van der Waals surface area (Å²) in [6, 6.07) is 7.31. The van der Waals surface area contributed by atoms with E-state index in [2.05, 4.69) is 13.8 Å². The third kappa shape index (κ3) is 3.84. The Morgan fingerprint density at radius 2 is 1.77 bits per heavy atom. The van der Waals surface area contributed by atoms with E-state index in [9.17, 15) is 8.42 Å². The van der Waals surface area contributed by atoms with Crippen molar-refractivity contribution in [2.45, 2.75) is 75.6 Å². The van der Waals surface area contributed by atoms with E-state index in [0.717, 1.165) is 24.2 Å². The van der Waals surface area contributed by atoms with Crippen molar-refractivity contribution in [1.82, 2.24) is 0 Å². The van der Waals surface area contributed by atoms with Gasteiger partial charge >= 0.3 is 10.1 Å². The smallest absolute Gasteiger partial charge is 0.189 e. The molecule has 1 saturated heterocycles. The lowest BCUT2D eigenvalue weighted by Gasteiger charge is -2.52. The zero-order chi connectivity index (χ0) is 18.8. The summed E-state index contributed by atoms with van der Waals surface area (Å²) in [7, 11) is -3.79. The molecule has 146 valence electrons. The van der Waals surface area contributed by atoms with Crippen molar-refractivity contribution in [2.24, 2.45) is 5.92 Å². The van der Waals surface area contributed by atoms with Crippen molar-refractivity contribution in [2.75, 3.05) is 12.3 Å². The van der Waals surface area contributed by atoms with Crippen LogP contribution in [0.25, 0.3) is 0 Å². The van der Waals surface area contributed by atoms with Crippen molar-refractivity contribution < 1.29 is 17.3 Å². The second kappa shape index (κ2) is 8.21. The number of rotatable bonds is 6. The molecule has 6 heteroatoms. The number of likely N-dealkylation sites (tertiary alicyclic amines) is 1. The van der Waals surface area contributed by atoms with Gasteiger partial charge in [0.25, 0.3) is 0 Å². The molecule has 26 heavy (non-hydrogen) atoms. The number of aryl methyl sites for hydroxylation is 1. The summed E-state index contributed by atoms with van der Waals surface area (Å²) in [6.45, 7) is 6.90. The maximum atomic E-state index is 13.2. The normalized spacial score (nSPS) is 32.2. The van der Waals surface area contributed by atoms with Crippen molar-refractivity contribution in [3.8, 4) is 0 Å². The molecule has 0 spiro atoms. The van der Waals surface area contributed by atoms with Gasteiger partial charge < -0.3 is 0 Å². The maximum absolute atomic E-state index is 13.2. The van der Waals surface area contributed by atoms with Gasteiger partial charge in [-0.2, -0.15) is 8.42 Å². The summed E-state index contributed by atoms with van der Waals surface area (Å²) >= 11 is 1.86. The van der Waals surface area contributed by atoms with Crippen LogP contribution < -0.4 is 0 Å². The molecule has 4 nitrogen and oxygen atoms in total. The Labute approximate surface area is 163 Å². The highest BCUT2D eigenvalue weighted by Crippen LogP contribution is 2.47. The summed E-state index contributed by atoms with van der Waals surface area (Å²) in [5.41, 5.74) is 1.05. The van der Waals surface area contributed by atoms with Crippen LogP contribution in [0.5, 0.6) is 0 Å². The molecular weight excluding hydrogens is 366 g/mol. The quantitative estimate of drug-likeness (QED) is 0.640. The van der Waals surface area contributed by atoms with E-state index in [0.29, 0.717) is 18.5 Å². The van der Waals surface area contributed by atoms with E-state index in [1.807, 2.05) is 30.8 Å². The molecule has 2 fully saturated rings. The van der Waals surface area contributed by atoms with Crippen molar-refractivity contribution in [1.29, 1.82) is 0 Å². The van der Waals surface area contributed by atoms with E-state index in [-0.39, 0.29) is 14.9 Å². The van der Waals surface area contributed by atoms with Gasteiger partial charge in [0.05, 0.1) is 4.90 Å². The summed E-state index contributed by atoms with van der Waals surface area (Å²) in [5.74, 6) is 1.57. The Hall–Kier alpha value is -0.560. The van der Waals surface area contributed by atoms with E-state index in [1.54, 1.807) is 12.1 Å². The van der Waals surface area contributed by atoms with Gasteiger partial charge in [0, 0.05) is 18.8 Å². The number of thioether (sulfide) groups is 1.